The van der Waals surface area contributed by atoms with Crippen molar-refractivity contribution < 1.29 is 9.53 Å². The van der Waals surface area contributed by atoms with Gasteiger partial charge < -0.3 is 4.74 Å². The number of thioether (sulfide) groups is 1. The molecule has 0 aromatic carbocycles. The summed E-state index contributed by atoms with van der Waals surface area (Å²) in [5.74, 6) is 2.24. The van der Waals surface area contributed by atoms with Gasteiger partial charge >= 0.3 is 5.97 Å². The first-order chi connectivity index (χ1) is 9.46. The van der Waals surface area contributed by atoms with Gasteiger partial charge in [-0.1, -0.05) is 19.8 Å². The zero-order chi connectivity index (χ0) is 15.4. The van der Waals surface area contributed by atoms with Crippen molar-refractivity contribution in [2.75, 3.05) is 18.1 Å². The summed E-state index contributed by atoms with van der Waals surface area (Å²) in [6.45, 7) is 10.6. The Balaban J connectivity index is 4.07. The first kappa shape index (κ1) is 19.8. The predicted octanol–water partition coefficient (Wildman–Crippen LogP) is 4.01. The van der Waals surface area contributed by atoms with Gasteiger partial charge in [0.1, 0.15) is 5.54 Å². The van der Waals surface area contributed by atoms with E-state index in [2.05, 4.69) is 26.1 Å². The molecule has 0 amide bonds. The third-order valence-electron chi connectivity index (χ3n) is 3.19. The lowest BCUT2D eigenvalue weighted by Crippen LogP contribution is -2.53. The number of carbonyl (C=O) groups excluding carboxylic acids is 1. The summed E-state index contributed by atoms with van der Waals surface area (Å²) in [6, 6.07) is 0.279. The van der Waals surface area contributed by atoms with Crippen LogP contribution < -0.4 is 5.32 Å². The van der Waals surface area contributed by atoms with Gasteiger partial charge in [-0.15, -0.1) is 0 Å². The van der Waals surface area contributed by atoms with Gasteiger partial charge in [0.2, 0.25) is 0 Å². The van der Waals surface area contributed by atoms with E-state index in [0.717, 1.165) is 18.6 Å². The van der Waals surface area contributed by atoms with Crippen molar-refractivity contribution >= 4 is 17.7 Å². The molecule has 1 unspecified atom stereocenters. The van der Waals surface area contributed by atoms with E-state index in [-0.39, 0.29) is 12.0 Å². The molecular formula is C16H33NO2S. The Morgan fingerprint density at radius 3 is 2.40 bits per heavy atom. The second kappa shape index (κ2) is 11.4. The molecule has 0 rings (SSSR count). The molecule has 20 heavy (non-hydrogen) atoms. The van der Waals surface area contributed by atoms with Gasteiger partial charge in [-0.25, -0.2) is 0 Å². The molecule has 1 N–H and O–H groups in total. The first-order valence-electron chi connectivity index (χ1n) is 7.99. The highest BCUT2D eigenvalue weighted by atomic mass is 32.2. The molecule has 0 aliphatic heterocycles. The molecule has 1 atom stereocenters. The molecule has 4 heteroatoms. The average Bonchev–Trinajstić information content (AvgIpc) is 2.37. The van der Waals surface area contributed by atoms with Gasteiger partial charge in [-0.05, 0) is 58.5 Å². The molecule has 120 valence electrons. The smallest absolute Gasteiger partial charge is 0.326 e. The maximum Gasteiger partial charge on any atom is 0.326 e. The number of esters is 1. The van der Waals surface area contributed by atoms with Crippen LogP contribution in [0.15, 0.2) is 0 Å². The Labute approximate surface area is 129 Å². The Hall–Kier alpha value is -0.220. The van der Waals surface area contributed by atoms with E-state index in [1.807, 2.05) is 25.6 Å². The quantitative estimate of drug-likeness (QED) is 0.437. The molecule has 0 fully saturated rings. The molecule has 0 saturated heterocycles. The fourth-order valence-corrected chi connectivity index (χ4v) is 3.21. The minimum Gasteiger partial charge on any atom is -0.465 e. The Kier molecular flexibility index (Phi) is 11.3. The highest BCUT2D eigenvalue weighted by Crippen LogP contribution is 2.18. The van der Waals surface area contributed by atoms with E-state index in [1.54, 1.807) is 0 Å². The van der Waals surface area contributed by atoms with Crippen LogP contribution in [0.1, 0.15) is 66.7 Å². The number of nitrogens with one attached hydrogen (secondary N) is 1. The number of hydrogen-bond acceptors (Lipinski definition) is 4. The molecule has 0 aliphatic rings. The average molecular weight is 304 g/mol. The van der Waals surface area contributed by atoms with E-state index in [4.69, 9.17) is 4.74 Å². The molecule has 0 heterocycles. The van der Waals surface area contributed by atoms with Crippen LogP contribution in [0, 0.1) is 0 Å². The van der Waals surface area contributed by atoms with Gasteiger partial charge in [-0.2, -0.15) is 11.8 Å². The van der Waals surface area contributed by atoms with E-state index in [9.17, 15) is 4.79 Å². The summed E-state index contributed by atoms with van der Waals surface area (Å²) in [4.78, 5) is 12.1. The molecule has 3 nitrogen and oxygen atoms in total. The van der Waals surface area contributed by atoms with Crippen molar-refractivity contribution in [3.63, 3.8) is 0 Å². The molecule has 0 aliphatic carbocycles. The lowest BCUT2D eigenvalue weighted by molar-refractivity contribution is -0.151. The second-order valence-electron chi connectivity index (χ2n) is 5.77. The number of ether oxygens (including phenoxy) is 1. The summed E-state index contributed by atoms with van der Waals surface area (Å²) in [6.07, 6.45) is 5.79. The molecule has 0 saturated carbocycles. The summed E-state index contributed by atoms with van der Waals surface area (Å²) >= 11 is 2.00. The molecular weight excluding hydrogens is 270 g/mol. The Bertz CT molecular complexity index is 259. The highest BCUT2D eigenvalue weighted by Gasteiger charge is 2.34. The van der Waals surface area contributed by atoms with E-state index in [1.165, 1.54) is 25.0 Å². The number of unbranched alkanes of at least 4 members (excludes halogenated alkanes) is 2. The monoisotopic (exact) mass is 303 g/mol. The lowest BCUT2D eigenvalue weighted by Gasteiger charge is -2.30. The predicted molar refractivity (Wildman–Crippen MR) is 89.4 cm³/mol. The van der Waals surface area contributed by atoms with Crippen molar-refractivity contribution in [2.45, 2.75) is 78.3 Å². The lowest BCUT2D eigenvalue weighted by atomic mass is 9.95. The minimum atomic E-state index is -0.547. The highest BCUT2D eigenvalue weighted by molar-refractivity contribution is 7.99. The third kappa shape index (κ3) is 8.85. The number of rotatable bonds is 12. The SMILES string of the molecule is CCCCCSCCCC(C)(NC(C)C)C(=O)OCC. The van der Waals surface area contributed by atoms with Crippen LogP contribution in [0.25, 0.3) is 0 Å². The van der Waals surface area contributed by atoms with E-state index in [0.29, 0.717) is 6.61 Å². The van der Waals surface area contributed by atoms with E-state index >= 15 is 0 Å². The summed E-state index contributed by atoms with van der Waals surface area (Å²) in [5, 5.41) is 3.37. The van der Waals surface area contributed by atoms with Crippen LogP contribution in [0.3, 0.4) is 0 Å². The van der Waals surface area contributed by atoms with Crippen LogP contribution in [0.4, 0.5) is 0 Å². The fourth-order valence-electron chi connectivity index (χ4n) is 2.24. The van der Waals surface area contributed by atoms with Crippen LogP contribution in [0.2, 0.25) is 0 Å². The fraction of sp³-hybridized carbons (Fsp3) is 0.938. The van der Waals surface area contributed by atoms with Gasteiger partial charge in [-0.3, -0.25) is 10.1 Å². The topological polar surface area (TPSA) is 38.3 Å². The number of hydrogen-bond donors (Lipinski definition) is 1. The molecule has 0 aromatic heterocycles. The van der Waals surface area contributed by atoms with Crippen molar-refractivity contribution in [1.29, 1.82) is 0 Å². The minimum absolute atomic E-state index is 0.121. The van der Waals surface area contributed by atoms with Crippen LogP contribution in [0.5, 0.6) is 0 Å². The summed E-state index contributed by atoms with van der Waals surface area (Å²) < 4.78 is 5.21. The van der Waals surface area contributed by atoms with E-state index < -0.39 is 5.54 Å². The van der Waals surface area contributed by atoms with Crippen molar-refractivity contribution in [1.82, 2.24) is 5.32 Å². The zero-order valence-corrected chi connectivity index (χ0v) is 14.8. The van der Waals surface area contributed by atoms with Crippen LogP contribution in [-0.4, -0.2) is 35.7 Å². The van der Waals surface area contributed by atoms with Crippen molar-refractivity contribution in [3.05, 3.63) is 0 Å². The van der Waals surface area contributed by atoms with Gasteiger partial charge in [0.25, 0.3) is 0 Å². The molecule has 0 spiro atoms. The van der Waals surface area contributed by atoms with Gasteiger partial charge in [0.05, 0.1) is 6.61 Å². The Morgan fingerprint density at radius 1 is 1.20 bits per heavy atom. The van der Waals surface area contributed by atoms with Crippen LogP contribution >= 0.6 is 11.8 Å². The first-order valence-corrected chi connectivity index (χ1v) is 9.14. The maximum atomic E-state index is 12.1. The summed E-state index contributed by atoms with van der Waals surface area (Å²) in [5.41, 5.74) is -0.547. The standard InChI is InChI=1S/C16H33NO2S/c1-6-8-9-12-20-13-10-11-16(5,17-14(3)4)15(18)19-7-2/h14,17H,6-13H2,1-5H3. The largest absolute Gasteiger partial charge is 0.465 e. The second-order valence-corrected chi connectivity index (χ2v) is 7.00. The molecule has 0 radical (unpaired) electrons. The van der Waals surface area contributed by atoms with Crippen molar-refractivity contribution in [2.24, 2.45) is 0 Å². The van der Waals surface area contributed by atoms with Gasteiger partial charge in [0, 0.05) is 6.04 Å². The molecule has 0 aromatic rings. The Morgan fingerprint density at radius 2 is 1.85 bits per heavy atom. The van der Waals surface area contributed by atoms with Gasteiger partial charge in [0.15, 0.2) is 0 Å². The summed E-state index contributed by atoms with van der Waals surface area (Å²) in [7, 11) is 0. The third-order valence-corrected chi connectivity index (χ3v) is 4.35. The maximum absolute atomic E-state index is 12.1. The van der Waals surface area contributed by atoms with Crippen LogP contribution in [-0.2, 0) is 9.53 Å². The van der Waals surface area contributed by atoms with Crippen molar-refractivity contribution in [3.8, 4) is 0 Å². The number of carbonyl (C=O) groups is 1. The zero-order valence-electron chi connectivity index (χ0n) is 14.0. The normalized spacial score (nSPS) is 14.3. The molecule has 0 bridgehead atoms.